The second kappa shape index (κ2) is 8.20. The number of methoxy groups -OCH3 is 3. The summed E-state index contributed by atoms with van der Waals surface area (Å²) in [7, 11) is 5.07. The van der Waals surface area contributed by atoms with Gasteiger partial charge in [0.2, 0.25) is 0 Å². The Morgan fingerprint density at radius 1 is 1.13 bits per heavy atom. The van der Waals surface area contributed by atoms with E-state index in [1.165, 1.54) is 11.1 Å². The number of ether oxygens (including phenoxy) is 3. The molecule has 2 rings (SSSR count). The Morgan fingerprint density at radius 2 is 1.78 bits per heavy atom. The molecule has 0 amide bonds. The van der Waals surface area contributed by atoms with Crippen LogP contribution in [-0.4, -0.2) is 51.8 Å². The summed E-state index contributed by atoms with van der Waals surface area (Å²) in [5, 5.41) is 0. The largest absolute Gasteiger partial charge is 0.493 e. The Morgan fingerprint density at radius 3 is 2.35 bits per heavy atom. The predicted molar refractivity (Wildman–Crippen MR) is 92.7 cm³/mol. The summed E-state index contributed by atoms with van der Waals surface area (Å²) in [6.07, 6.45) is 2.96. The summed E-state index contributed by atoms with van der Waals surface area (Å²) in [5.74, 6) is 2.05. The summed E-state index contributed by atoms with van der Waals surface area (Å²) in [6, 6.07) is 4.36. The lowest BCUT2D eigenvalue weighted by Gasteiger charge is -2.28. The summed E-state index contributed by atoms with van der Waals surface area (Å²) >= 11 is 0. The number of fused-ring (bicyclic) bond motifs is 1. The molecule has 0 saturated heterocycles. The van der Waals surface area contributed by atoms with Crippen LogP contribution in [-0.2, 0) is 17.7 Å². The van der Waals surface area contributed by atoms with Crippen LogP contribution in [0.2, 0.25) is 0 Å². The number of rotatable bonds is 7. The molecule has 0 N–H and O–H groups in total. The lowest BCUT2D eigenvalue weighted by atomic mass is 9.99. The smallest absolute Gasteiger partial charge is 0.161 e. The zero-order valence-corrected chi connectivity index (χ0v) is 14.8. The minimum atomic E-state index is 0.201. The van der Waals surface area contributed by atoms with E-state index in [0.29, 0.717) is 12.5 Å². The van der Waals surface area contributed by atoms with E-state index in [0.717, 1.165) is 31.0 Å². The van der Waals surface area contributed by atoms with Crippen LogP contribution in [0.25, 0.3) is 0 Å². The van der Waals surface area contributed by atoms with Gasteiger partial charge in [0.15, 0.2) is 11.5 Å². The van der Waals surface area contributed by atoms with E-state index in [1.54, 1.807) is 21.3 Å². The average molecular weight is 320 g/mol. The molecule has 1 aromatic rings. The molecular formula is C18H28N2O3. The van der Waals surface area contributed by atoms with Crippen molar-refractivity contribution < 1.29 is 14.2 Å². The van der Waals surface area contributed by atoms with E-state index in [9.17, 15) is 0 Å². The Kier molecular flexibility index (Phi) is 6.28. The van der Waals surface area contributed by atoms with Gasteiger partial charge in [0, 0.05) is 20.2 Å². The molecule has 1 heterocycles. The number of hydrogen-bond donors (Lipinski definition) is 0. The summed E-state index contributed by atoms with van der Waals surface area (Å²) in [4.78, 5) is 6.96. The highest BCUT2D eigenvalue weighted by atomic mass is 16.5. The van der Waals surface area contributed by atoms with Crippen molar-refractivity contribution in [3.05, 3.63) is 23.3 Å². The molecule has 1 aliphatic heterocycles. The van der Waals surface area contributed by atoms with Crippen molar-refractivity contribution in [1.29, 1.82) is 0 Å². The monoisotopic (exact) mass is 320 g/mol. The van der Waals surface area contributed by atoms with Gasteiger partial charge in [0.25, 0.3) is 0 Å². The Labute approximate surface area is 139 Å². The predicted octanol–water partition coefficient (Wildman–Crippen LogP) is 2.76. The highest BCUT2D eigenvalue weighted by Gasteiger charge is 2.18. The average Bonchev–Trinajstić information content (AvgIpc) is 2.56. The first-order valence-corrected chi connectivity index (χ1v) is 8.09. The molecule has 1 aromatic carbocycles. The Balaban J connectivity index is 2.10. The Bertz CT molecular complexity index is 543. The van der Waals surface area contributed by atoms with Crippen molar-refractivity contribution in [2.45, 2.75) is 32.9 Å². The number of benzene rings is 1. The summed E-state index contributed by atoms with van der Waals surface area (Å²) in [6.45, 7) is 6.80. The third kappa shape index (κ3) is 4.38. The molecule has 0 aliphatic carbocycles. The second-order valence-electron chi connectivity index (χ2n) is 6.23. The lowest BCUT2D eigenvalue weighted by molar-refractivity contribution is 0.164. The van der Waals surface area contributed by atoms with Crippen LogP contribution >= 0.6 is 0 Å². The van der Waals surface area contributed by atoms with Crippen LogP contribution in [0.3, 0.4) is 0 Å². The minimum Gasteiger partial charge on any atom is -0.493 e. The van der Waals surface area contributed by atoms with Crippen molar-refractivity contribution in [3.8, 4) is 11.5 Å². The van der Waals surface area contributed by atoms with Gasteiger partial charge in [-0.25, -0.2) is 0 Å². The van der Waals surface area contributed by atoms with E-state index in [1.807, 2.05) is 6.34 Å². The van der Waals surface area contributed by atoms with E-state index in [4.69, 9.17) is 19.2 Å². The van der Waals surface area contributed by atoms with Crippen LogP contribution in [0.5, 0.6) is 11.5 Å². The quantitative estimate of drug-likeness (QED) is 0.572. The van der Waals surface area contributed by atoms with Crippen LogP contribution in [0.15, 0.2) is 17.1 Å². The highest BCUT2D eigenvalue weighted by Crippen LogP contribution is 2.32. The summed E-state index contributed by atoms with van der Waals surface area (Å²) < 4.78 is 16.0. The molecule has 1 atom stereocenters. The van der Waals surface area contributed by atoms with Gasteiger partial charge in [-0.05, 0) is 35.6 Å². The van der Waals surface area contributed by atoms with E-state index in [-0.39, 0.29) is 6.04 Å². The maximum atomic E-state index is 5.41. The van der Waals surface area contributed by atoms with Gasteiger partial charge in [-0.1, -0.05) is 13.8 Å². The van der Waals surface area contributed by atoms with Gasteiger partial charge < -0.3 is 19.1 Å². The molecule has 0 radical (unpaired) electrons. The Hall–Kier alpha value is -1.75. The molecule has 0 bridgehead atoms. The SMILES string of the molecule is COCC(N=CN1CCc2cc(OC)c(OC)cc2C1)C(C)C. The third-order valence-electron chi connectivity index (χ3n) is 4.28. The number of hydrogen-bond acceptors (Lipinski definition) is 4. The first kappa shape index (κ1) is 17.6. The molecule has 0 fully saturated rings. The zero-order valence-electron chi connectivity index (χ0n) is 14.8. The third-order valence-corrected chi connectivity index (χ3v) is 4.28. The van der Waals surface area contributed by atoms with Crippen LogP contribution < -0.4 is 9.47 Å². The van der Waals surface area contributed by atoms with Crippen molar-refractivity contribution in [1.82, 2.24) is 4.90 Å². The maximum Gasteiger partial charge on any atom is 0.161 e. The minimum absolute atomic E-state index is 0.201. The molecule has 5 heteroatoms. The topological polar surface area (TPSA) is 43.3 Å². The molecule has 0 spiro atoms. The fourth-order valence-electron chi connectivity index (χ4n) is 2.76. The van der Waals surface area contributed by atoms with Crippen LogP contribution in [0.1, 0.15) is 25.0 Å². The van der Waals surface area contributed by atoms with E-state index >= 15 is 0 Å². The van der Waals surface area contributed by atoms with E-state index < -0.39 is 0 Å². The second-order valence-corrected chi connectivity index (χ2v) is 6.23. The molecule has 1 aliphatic rings. The molecular weight excluding hydrogens is 292 g/mol. The van der Waals surface area contributed by atoms with Gasteiger partial charge >= 0.3 is 0 Å². The standard InChI is InChI=1S/C18H28N2O3/c1-13(2)16(11-21-3)19-12-20-7-6-14-8-17(22-4)18(23-5)9-15(14)10-20/h8-9,12-13,16H,6-7,10-11H2,1-5H3. The first-order chi connectivity index (χ1) is 11.1. The highest BCUT2D eigenvalue weighted by molar-refractivity contribution is 5.57. The van der Waals surface area contributed by atoms with Crippen molar-refractivity contribution in [2.24, 2.45) is 10.9 Å². The number of aliphatic imine (C=N–C) groups is 1. The molecule has 0 saturated carbocycles. The normalized spacial score (nSPS) is 15.8. The van der Waals surface area contributed by atoms with Crippen molar-refractivity contribution >= 4 is 6.34 Å². The first-order valence-electron chi connectivity index (χ1n) is 8.09. The van der Waals surface area contributed by atoms with E-state index in [2.05, 4.69) is 30.9 Å². The summed E-state index contributed by atoms with van der Waals surface area (Å²) in [5.41, 5.74) is 2.60. The molecule has 5 nitrogen and oxygen atoms in total. The molecule has 128 valence electrons. The van der Waals surface area contributed by atoms with Crippen LogP contribution in [0.4, 0.5) is 0 Å². The van der Waals surface area contributed by atoms with Gasteiger partial charge in [-0.2, -0.15) is 0 Å². The zero-order chi connectivity index (χ0) is 16.8. The lowest BCUT2D eigenvalue weighted by Crippen LogP contribution is -2.31. The molecule has 23 heavy (non-hydrogen) atoms. The fourth-order valence-corrected chi connectivity index (χ4v) is 2.76. The van der Waals surface area contributed by atoms with Gasteiger partial charge in [0.1, 0.15) is 0 Å². The van der Waals surface area contributed by atoms with Gasteiger partial charge in [-0.3, -0.25) is 4.99 Å². The van der Waals surface area contributed by atoms with Gasteiger partial charge in [0.05, 0.1) is 33.2 Å². The van der Waals surface area contributed by atoms with Crippen molar-refractivity contribution in [3.63, 3.8) is 0 Å². The van der Waals surface area contributed by atoms with Gasteiger partial charge in [-0.15, -0.1) is 0 Å². The van der Waals surface area contributed by atoms with Crippen molar-refractivity contribution in [2.75, 3.05) is 34.5 Å². The number of nitrogens with zero attached hydrogens (tertiary/aromatic N) is 2. The maximum absolute atomic E-state index is 5.41. The fraction of sp³-hybridized carbons (Fsp3) is 0.611. The van der Waals surface area contributed by atoms with Crippen LogP contribution in [0, 0.1) is 5.92 Å². The molecule has 1 unspecified atom stereocenters. The molecule has 0 aromatic heterocycles.